The second kappa shape index (κ2) is 9.67. The molecule has 5 heteroatoms. The Morgan fingerprint density at radius 2 is 1.74 bits per heavy atom. The quantitative estimate of drug-likeness (QED) is 0.294. The number of hydrogen-bond donors (Lipinski definition) is 1. The summed E-state index contributed by atoms with van der Waals surface area (Å²) < 4.78 is 11.8. The van der Waals surface area contributed by atoms with Crippen LogP contribution in [0.15, 0.2) is 75.9 Å². The third-order valence-corrected chi connectivity index (χ3v) is 5.37. The zero-order valence-electron chi connectivity index (χ0n) is 17.7. The van der Waals surface area contributed by atoms with Gasteiger partial charge in [0.25, 0.3) is 0 Å². The number of benzene rings is 3. The summed E-state index contributed by atoms with van der Waals surface area (Å²) in [5.41, 5.74) is 2.24. The Balaban J connectivity index is 1.24. The Morgan fingerprint density at radius 3 is 2.61 bits per heavy atom. The van der Waals surface area contributed by atoms with Crippen LogP contribution >= 0.6 is 0 Å². The SMILES string of the molecule is CN(CCCCCOc1ccc2c(=O)c3ccccc3oc2c1)Cc1cccc(O)c1. The fraction of sp³-hybridized carbons (Fsp3) is 0.269. The number of hydrogen-bond acceptors (Lipinski definition) is 5. The molecule has 0 amide bonds. The van der Waals surface area contributed by atoms with Crippen LogP contribution < -0.4 is 10.2 Å². The van der Waals surface area contributed by atoms with E-state index in [1.165, 1.54) is 0 Å². The van der Waals surface area contributed by atoms with Crippen molar-refractivity contribution >= 4 is 21.9 Å². The third-order valence-electron chi connectivity index (χ3n) is 5.37. The molecule has 0 saturated carbocycles. The topological polar surface area (TPSA) is 62.9 Å². The van der Waals surface area contributed by atoms with Gasteiger partial charge >= 0.3 is 0 Å². The van der Waals surface area contributed by atoms with Crippen molar-refractivity contribution < 1.29 is 14.3 Å². The van der Waals surface area contributed by atoms with Crippen LogP contribution in [0.1, 0.15) is 24.8 Å². The average Bonchev–Trinajstić information content (AvgIpc) is 2.76. The van der Waals surface area contributed by atoms with E-state index in [-0.39, 0.29) is 5.43 Å². The number of phenolic OH excluding ortho intramolecular Hbond substituents is 1. The van der Waals surface area contributed by atoms with E-state index in [1.54, 1.807) is 36.4 Å². The van der Waals surface area contributed by atoms with Gasteiger partial charge in [-0.15, -0.1) is 0 Å². The van der Waals surface area contributed by atoms with E-state index in [9.17, 15) is 9.90 Å². The normalized spacial score (nSPS) is 11.4. The van der Waals surface area contributed by atoms with Crippen molar-refractivity contribution in [1.82, 2.24) is 4.90 Å². The van der Waals surface area contributed by atoms with Crippen LogP contribution in [0.2, 0.25) is 0 Å². The van der Waals surface area contributed by atoms with Gasteiger partial charge in [-0.2, -0.15) is 0 Å². The summed E-state index contributed by atoms with van der Waals surface area (Å²) >= 11 is 0. The van der Waals surface area contributed by atoms with Crippen molar-refractivity contribution in [3.05, 3.63) is 82.5 Å². The summed E-state index contributed by atoms with van der Waals surface area (Å²) in [6.45, 7) is 2.44. The summed E-state index contributed by atoms with van der Waals surface area (Å²) in [7, 11) is 2.09. The lowest BCUT2D eigenvalue weighted by Gasteiger charge is -2.16. The van der Waals surface area contributed by atoms with E-state index >= 15 is 0 Å². The van der Waals surface area contributed by atoms with Gasteiger partial charge in [-0.3, -0.25) is 4.79 Å². The van der Waals surface area contributed by atoms with Crippen molar-refractivity contribution in [3.8, 4) is 11.5 Å². The molecule has 0 saturated heterocycles. The summed E-state index contributed by atoms with van der Waals surface area (Å²) in [4.78, 5) is 14.9. The summed E-state index contributed by atoms with van der Waals surface area (Å²) in [5, 5.41) is 10.7. The maximum atomic E-state index is 12.6. The number of nitrogens with zero attached hydrogens (tertiary/aromatic N) is 1. The van der Waals surface area contributed by atoms with Crippen LogP contribution in [0.25, 0.3) is 21.9 Å². The third kappa shape index (κ3) is 5.25. The zero-order chi connectivity index (χ0) is 21.6. The molecule has 0 atom stereocenters. The molecule has 0 aliphatic heterocycles. The minimum absolute atomic E-state index is 0.0155. The Hall–Kier alpha value is -3.31. The van der Waals surface area contributed by atoms with Crippen LogP contribution in [0.3, 0.4) is 0 Å². The van der Waals surface area contributed by atoms with Gasteiger partial charge in [-0.1, -0.05) is 24.3 Å². The Morgan fingerprint density at radius 1 is 0.903 bits per heavy atom. The van der Waals surface area contributed by atoms with Crippen LogP contribution in [-0.2, 0) is 6.54 Å². The van der Waals surface area contributed by atoms with Crippen LogP contribution in [-0.4, -0.2) is 30.2 Å². The van der Waals surface area contributed by atoms with Crippen LogP contribution in [0.4, 0.5) is 0 Å². The molecule has 0 spiro atoms. The number of ether oxygens (including phenoxy) is 1. The molecule has 1 N–H and O–H groups in total. The Kier molecular flexibility index (Phi) is 6.53. The lowest BCUT2D eigenvalue weighted by atomic mass is 10.1. The fourth-order valence-corrected chi connectivity index (χ4v) is 3.77. The molecule has 4 aromatic rings. The highest BCUT2D eigenvalue weighted by atomic mass is 16.5. The number of unbranched alkanes of at least 4 members (excludes halogenated alkanes) is 2. The standard InChI is InChI=1S/C26H27NO4/c1-27(18-19-8-7-9-20(28)16-19)14-5-2-6-15-30-21-12-13-23-25(17-21)31-24-11-4-3-10-22(24)26(23)29/h3-4,7-13,16-17,28H,2,5-6,14-15,18H2,1H3. The lowest BCUT2D eigenvalue weighted by Crippen LogP contribution is -2.19. The van der Waals surface area contributed by atoms with Crippen molar-refractivity contribution in [3.63, 3.8) is 0 Å². The predicted octanol–water partition coefficient (Wildman–Crippen LogP) is 5.33. The second-order valence-electron chi connectivity index (χ2n) is 7.90. The van der Waals surface area contributed by atoms with Gasteiger partial charge in [0, 0.05) is 12.6 Å². The van der Waals surface area contributed by atoms with Crippen molar-refractivity contribution in [2.24, 2.45) is 0 Å². The minimum atomic E-state index is -0.0155. The monoisotopic (exact) mass is 417 g/mol. The van der Waals surface area contributed by atoms with E-state index in [2.05, 4.69) is 11.9 Å². The molecule has 0 unspecified atom stereocenters. The fourth-order valence-electron chi connectivity index (χ4n) is 3.77. The molecule has 0 bridgehead atoms. The largest absolute Gasteiger partial charge is 0.508 e. The molecule has 0 fully saturated rings. The maximum Gasteiger partial charge on any atom is 0.200 e. The minimum Gasteiger partial charge on any atom is -0.508 e. The molecular formula is C26H27NO4. The summed E-state index contributed by atoms with van der Waals surface area (Å²) in [6.07, 6.45) is 3.11. The van der Waals surface area contributed by atoms with E-state index in [0.717, 1.165) is 37.9 Å². The molecule has 4 rings (SSSR count). The number of para-hydroxylation sites is 1. The molecule has 5 nitrogen and oxygen atoms in total. The van der Waals surface area contributed by atoms with Crippen molar-refractivity contribution in [2.75, 3.05) is 20.2 Å². The zero-order valence-corrected chi connectivity index (χ0v) is 17.7. The van der Waals surface area contributed by atoms with Gasteiger partial charge in [0.2, 0.25) is 5.43 Å². The summed E-state index contributed by atoms with van der Waals surface area (Å²) in [6, 6.07) is 20.1. The van der Waals surface area contributed by atoms with E-state index in [0.29, 0.717) is 40.0 Å². The number of rotatable bonds is 9. The lowest BCUT2D eigenvalue weighted by molar-refractivity contribution is 0.286. The first-order valence-electron chi connectivity index (χ1n) is 10.6. The van der Waals surface area contributed by atoms with Crippen LogP contribution in [0.5, 0.6) is 11.5 Å². The van der Waals surface area contributed by atoms with Gasteiger partial charge in [-0.25, -0.2) is 0 Å². The number of aromatic hydroxyl groups is 1. The van der Waals surface area contributed by atoms with Gasteiger partial charge < -0.3 is 19.2 Å². The highest BCUT2D eigenvalue weighted by molar-refractivity contribution is 5.90. The highest BCUT2D eigenvalue weighted by Crippen LogP contribution is 2.23. The Bertz CT molecular complexity index is 1230. The number of phenols is 1. The molecule has 0 aliphatic carbocycles. The smallest absolute Gasteiger partial charge is 0.200 e. The van der Waals surface area contributed by atoms with Gasteiger partial charge in [0.15, 0.2) is 0 Å². The van der Waals surface area contributed by atoms with Gasteiger partial charge in [0.1, 0.15) is 22.7 Å². The van der Waals surface area contributed by atoms with E-state index in [1.807, 2.05) is 30.3 Å². The molecule has 3 aromatic carbocycles. The van der Waals surface area contributed by atoms with Gasteiger partial charge in [0.05, 0.1) is 17.4 Å². The second-order valence-corrected chi connectivity index (χ2v) is 7.90. The first-order chi connectivity index (χ1) is 15.1. The molecule has 31 heavy (non-hydrogen) atoms. The highest BCUT2D eigenvalue weighted by Gasteiger charge is 2.08. The van der Waals surface area contributed by atoms with Crippen LogP contribution in [0, 0.1) is 0 Å². The maximum absolute atomic E-state index is 12.6. The molecular weight excluding hydrogens is 390 g/mol. The average molecular weight is 418 g/mol. The first-order valence-corrected chi connectivity index (χ1v) is 10.6. The number of fused-ring (bicyclic) bond motifs is 2. The predicted molar refractivity (Wildman–Crippen MR) is 124 cm³/mol. The molecule has 1 heterocycles. The van der Waals surface area contributed by atoms with Crippen molar-refractivity contribution in [1.29, 1.82) is 0 Å². The van der Waals surface area contributed by atoms with E-state index in [4.69, 9.17) is 9.15 Å². The first kappa shape index (κ1) is 20.9. The summed E-state index contributed by atoms with van der Waals surface area (Å²) in [5.74, 6) is 1.02. The molecule has 1 aromatic heterocycles. The Labute approximate surface area is 181 Å². The van der Waals surface area contributed by atoms with E-state index < -0.39 is 0 Å². The molecule has 0 aliphatic rings. The molecule has 0 radical (unpaired) electrons. The molecule has 160 valence electrons. The van der Waals surface area contributed by atoms with Gasteiger partial charge in [-0.05, 0) is 74.8 Å². The van der Waals surface area contributed by atoms with Crippen molar-refractivity contribution in [2.45, 2.75) is 25.8 Å².